The summed E-state index contributed by atoms with van der Waals surface area (Å²) in [5.74, 6) is 0. The first-order valence-corrected chi connectivity index (χ1v) is 8.54. The molecular weight excluding hydrogens is 250 g/mol. The normalized spacial score (nSPS) is 22.6. The van der Waals surface area contributed by atoms with Crippen molar-refractivity contribution in [1.82, 2.24) is 5.32 Å². The lowest BCUT2D eigenvalue weighted by Gasteiger charge is -2.23. The molecule has 18 heavy (non-hydrogen) atoms. The molecule has 1 rings (SSSR count). The zero-order valence-electron chi connectivity index (χ0n) is 11.6. The Kier molecular flexibility index (Phi) is 8.06. The monoisotopic (exact) mass is 277 g/mol. The molecule has 108 valence electrons. The van der Waals surface area contributed by atoms with Gasteiger partial charge in [0.1, 0.15) is 0 Å². The van der Waals surface area contributed by atoms with Gasteiger partial charge in [-0.25, -0.2) is 0 Å². The molecule has 0 spiro atoms. The second-order valence-electron chi connectivity index (χ2n) is 5.21. The maximum atomic E-state index is 11.1. The van der Waals surface area contributed by atoms with Crippen LogP contribution in [0.15, 0.2) is 0 Å². The minimum absolute atomic E-state index is 0.122. The van der Waals surface area contributed by atoms with Crippen LogP contribution in [0.25, 0.3) is 0 Å². The van der Waals surface area contributed by atoms with Gasteiger partial charge in [0.15, 0.2) is 0 Å². The molecule has 0 aromatic heterocycles. The molecule has 1 aliphatic carbocycles. The van der Waals surface area contributed by atoms with Gasteiger partial charge in [0.2, 0.25) is 0 Å². The molecule has 1 fully saturated rings. The van der Waals surface area contributed by atoms with Crippen LogP contribution < -0.4 is 5.32 Å². The molecule has 2 N–H and O–H groups in total. The molecule has 0 aromatic rings. The molecule has 0 amide bonds. The van der Waals surface area contributed by atoms with E-state index in [9.17, 15) is 9.32 Å². The van der Waals surface area contributed by atoms with Crippen LogP contribution in [-0.2, 0) is 15.5 Å². The average molecular weight is 277 g/mol. The largest absolute Gasteiger partial charge is 0.389 e. The van der Waals surface area contributed by atoms with Crippen LogP contribution in [-0.4, -0.2) is 52.7 Å². The standard InChI is InChI=1S/C13H27NO3S/c1-11(18(2)16)8-14-9-12(15)10-17-13-6-4-3-5-7-13/h11-15H,3-10H2,1-2H3. The summed E-state index contributed by atoms with van der Waals surface area (Å²) in [5.41, 5.74) is 0. The van der Waals surface area contributed by atoms with Crippen LogP contribution in [0.3, 0.4) is 0 Å². The Morgan fingerprint density at radius 3 is 2.61 bits per heavy atom. The highest BCUT2D eigenvalue weighted by atomic mass is 32.2. The van der Waals surface area contributed by atoms with Crippen molar-refractivity contribution in [2.45, 2.75) is 56.5 Å². The van der Waals surface area contributed by atoms with E-state index >= 15 is 0 Å². The van der Waals surface area contributed by atoms with Gasteiger partial charge in [0, 0.05) is 35.4 Å². The molecule has 5 heteroatoms. The van der Waals surface area contributed by atoms with Gasteiger partial charge in [0.05, 0.1) is 18.8 Å². The smallest absolute Gasteiger partial charge is 0.0897 e. The topological polar surface area (TPSA) is 58.6 Å². The fraction of sp³-hybridized carbons (Fsp3) is 1.00. The SMILES string of the molecule is CC(CNCC(O)COC1CCCCC1)S(C)=O. The molecular formula is C13H27NO3S. The first kappa shape index (κ1) is 16.1. The van der Waals surface area contributed by atoms with E-state index in [1.165, 1.54) is 19.3 Å². The van der Waals surface area contributed by atoms with E-state index in [1.807, 2.05) is 6.92 Å². The summed E-state index contributed by atoms with van der Waals surface area (Å²) in [4.78, 5) is 0. The Balaban J connectivity index is 2.02. The predicted molar refractivity (Wildman–Crippen MR) is 75.2 cm³/mol. The number of aliphatic hydroxyl groups excluding tert-OH is 1. The Morgan fingerprint density at radius 1 is 1.33 bits per heavy atom. The van der Waals surface area contributed by atoms with Crippen molar-refractivity contribution in [2.24, 2.45) is 0 Å². The lowest BCUT2D eigenvalue weighted by atomic mass is 9.98. The van der Waals surface area contributed by atoms with Crippen molar-refractivity contribution in [3.8, 4) is 0 Å². The number of hydrogen-bond donors (Lipinski definition) is 2. The van der Waals surface area contributed by atoms with Gasteiger partial charge < -0.3 is 15.2 Å². The Morgan fingerprint density at radius 2 is 2.00 bits per heavy atom. The van der Waals surface area contributed by atoms with E-state index in [2.05, 4.69) is 5.32 Å². The number of hydrogen-bond acceptors (Lipinski definition) is 4. The molecule has 1 aliphatic rings. The average Bonchev–Trinajstić information content (AvgIpc) is 2.37. The van der Waals surface area contributed by atoms with Crippen LogP contribution in [0, 0.1) is 0 Å². The van der Waals surface area contributed by atoms with Crippen molar-refractivity contribution in [1.29, 1.82) is 0 Å². The van der Waals surface area contributed by atoms with Crippen LogP contribution in [0.2, 0.25) is 0 Å². The number of ether oxygens (including phenoxy) is 1. The molecule has 0 heterocycles. The van der Waals surface area contributed by atoms with Crippen LogP contribution in [0.5, 0.6) is 0 Å². The van der Waals surface area contributed by atoms with Crippen molar-refractivity contribution in [2.75, 3.05) is 26.0 Å². The number of nitrogens with one attached hydrogen (secondary N) is 1. The van der Waals surface area contributed by atoms with Crippen molar-refractivity contribution in [3.63, 3.8) is 0 Å². The molecule has 3 atom stereocenters. The summed E-state index contributed by atoms with van der Waals surface area (Å²) < 4.78 is 16.8. The van der Waals surface area contributed by atoms with E-state index in [1.54, 1.807) is 6.26 Å². The second-order valence-corrected chi connectivity index (χ2v) is 7.02. The highest BCUT2D eigenvalue weighted by Gasteiger charge is 2.15. The lowest BCUT2D eigenvalue weighted by Crippen LogP contribution is -2.36. The predicted octanol–water partition coefficient (Wildman–Crippen LogP) is 1.05. The zero-order chi connectivity index (χ0) is 13.4. The van der Waals surface area contributed by atoms with Gasteiger partial charge in [0.25, 0.3) is 0 Å². The summed E-state index contributed by atoms with van der Waals surface area (Å²) in [6, 6.07) is 0. The number of rotatable bonds is 8. The van der Waals surface area contributed by atoms with Gasteiger partial charge in [-0.3, -0.25) is 4.21 Å². The first-order chi connectivity index (χ1) is 8.59. The minimum Gasteiger partial charge on any atom is -0.389 e. The molecule has 1 saturated carbocycles. The fourth-order valence-electron chi connectivity index (χ4n) is 2.11. The summed E-state index contributed by atoms with van der Waals surface area (Å²) in [5, 5.41) is 13.0. The van der Waals surface area contributed by atoms with E-state index in [-0.39, 0.29) is 5.25 Å². The minimum atomic E-state index is -0.808. The molecule has 0 aromatic carbocycles. The molecule has 0 bridgehead atoms. The number of aliphatic hydroxyl groups is 1. The van der Waals surface area contributed by atoms with Crippen molar-refractivity contribution < 1.29 is 14.1 Å². The fourth-order valence-corrected chi connectivity index (χ4v) is 2.46. The third-order valence-electron chi connectivity index (χ3n) is 3.45. The maximum Gasteiger partial charge on any atom is 0.0897 e. The van der Waals surface area contributed by atoms with Crippen molar-refractivity contribution in [3.05, 3.63) is 0 Å². The quantitative estimate of drug-likeness (QED) is 0.696. The first-order valence-electron chi connectivity index (χ1n) is 6.92. The third kappa shape index (κ3) is 6.83. The van der Waals surface area contributed by atoms with E-state index in [0.717, 1.165) is 12.8 Å². The molecule has 0 aliphatic heterocycles. The highest BCUT2D eigenvalue weighted by molar-refractivity contribution is 7.84. The van der Waals surface area contributed by atoms with Gasteiger partial charge >= 0.3 is 0 Å². The summed E-state index contributed by atoms with van der Waals surface area (Å²) >= 11 is 0. The second kappa shape index (κ2) is 9.02. The summed E-state index contributed by atoms with van der Waals surface area (Å²) in [6.45, 7) is 3.52. The van der Waals surface area contributed by atoms with Crippen LogP contribution in [0.4, 0.5) is 0 Å². The zero-order valence-corrected chi connectivity index (χ0v) is 12.4. The van der Waals surface area contributed by atoms with Crippen molar-refractivity contribution >= 4 is 10.8 Å². The lowest BCUT2D eigenvalue weighted by molar-refractivity contribution is -0.0228. The molecule has 3 unspecified atom stereocenters. The third-order valence-corrected chi connectivity index (χ3v) is 4.75. The Hall–Kier alpha value is 0.0300. The van der Waals surface area contributed by atoms with Gasteiger partial charge in [-0.15, -0.1) is 0 Å². The highest BCUT2D eigenvalue weighted by Crippen LogP contribution is 2.20. The van der Waals surface area contributed by atoms with Gasteiger partial charge in [-0.1, -0.05) is 19.3 Å². The van der Waals surface area contributed by atoms with Crippen LogP contribution >= 0.6 is 0 Å². The van der Waals surface area contributed by atoms with E-state index in [4.69, 9.17) is 4.74 Å². The Labute approximate surface area is 113 Å². The van der Waals surface area contributed by atoms with Gasteiger partial charge in [-0.2, -0.15) is 0 Å². The summed E-state index contributed by atoms with van der Waals surface area (Å²) in [6.07, 6.45) is 7.65. The maximum absolute atomic E-state index is 11.1. The summed E-state index contributed by atoms with van der Waals surface area (Å²) in [7, 11) is -0.808. The Bertz CT molecular complexity index is 244. The molecule has 4 nitrogen and oxygen atoms in total. The van der Waals surface area contributed by atoms with E-state index in [0.29, 0.717) is 25.8 Å². The van der Waals surface area contributed by atoms with Gasteiger partial charge in [-0.05, 0) is 19.8 Å². The molecule has 0 radical (unpaired) electrons. The van der Waals surface area contributed by atoms with Crippen LogP contribution in [0.1, 0.15) is 39.0 Å². The molecule has 0 saturated heterocycles. The van der Waals surface area contributed by atoms with E-state index < -0.39 is 16.9 Å².